The molecule has 2 aromatic heterocycles. The van der Waals surface area contributed by atoms with Crippen LogP contribution in [0.2, 0.25) is 0 Å². The molecule has 5 rings (SSSR count). The number of unbranched alkanes of at least 4 members (excludes halogenated alkanes) is 5. The molecule has 59 heavy (non-hydrogen) atoms. The number of ether oxygens (including phenoxy) is 1. The van der Waals surface area contributed by atoms with Crippen molar-refractivity contribution in [1.82, 2.24) is 9.97 Å². The van der Waals surface area contributed by atoms with E-state index in [0.717, 1.165) is 92.4 Å². The number of allylic oxidation sites excluding steroid dienone is 5. The smallest absolute Gasteiger partial charge is 0.141 e. The first-order valence-electron chi connectivity index (χ1n) is 20.6. The first-order valence-corrected chi connectivity index (χ1v) is 21.5. The van der Waals surface area contributed by atoms with Crippen LogP contribution in [0.25, 0.3) is 33.7 Å². The Hall–Kier alpha value is -5.49. The molecule has 0 spiro atoms. The molecule has 1 atom stereocenters. The van der Waals surface area contributed by atoms with Crippen molar-refractivity contribution in [3.05, 3.63) is 150 Å². The molecule has 0 N–H and O–H groups in total. The van der Waals surface area contributed by atoms with Gasteiger partial charge in [0.1, 0.15) is 11.6 Å². The number of aliphatic imine (C=N–C) groups is 2. The topological polar surface area (TPSA) is 59.7 Å². The van der Waals surface area contributed by atoms with E-state index in [1.54, 1.807) is 12.1 Å². The van der Waals surface area contributed by atoms with Gasteiger partial charge in [-0.05, 0) is 146 Å². The van der Waals surface area contributed by atoms with Gasteiger partial charge < -0.3 is 4.74 Å². The lowest BCUT2D eigenvalue weighted by molar-refractivity contribution is 0.336. The van der Waals surface area contributed by atoms with E-state index in [1.165, 1.54) is 49.8 Å². The van der Waals surface area contributed by atoms with Gasteiger partial charge >= 0.3 is 0 Å². The summed E-state index contributed by atoms with van der Waals surface area (Å²) in [5.41, 5.74) is 11.9. The summed E-state index contributed by atoms with van der Waals surface area (Å²) in [6, 6.07) is 28.5. The van der Waals surface area contributed by atoms with Crippen LogP contribution in [-0.2, 0) is 12.8 Å². The SMILES string of the molecule is C=C(C=C(C(=CCc1cc(-c2ccc(N=C=S)cc2)ncc1OCC)C(C)CCCCCCCC)c1nc(-c2ccc(F)cc2)ccc1CC)c1ccc(N=C=S)cc1. The van der Waals surface area contributed by atoms with Crippen LogP contribution < -0.4 is 4.74 Å². The Morgan fingerprint density at radius 2 is 1.42 bits per heavy atom. The highest BCUT2D eigenvalue weighted by Gasteiger charge is 2.21. The first-order chi connectivity index (χ1) is 28.8. The second-order valence-corrected chi connectivity index (χ2v) is 14.9. The van der Waals surface area contributed by atoms with Crippen LogP contribution in [0, 0.1) is 11.7 Å². The summed E-state index contributed by atoms with van der Waals surface area (Å²) in [7, 11) is 0. The highest BCUT2D eigenvalue weighted by Crippen LogP contribution is 2.38. The number of pyridine rings is 2. The monoisotopic (exact) mass is 820 g/mol. The third kappa shape index (κ3) is 12.7. The molecule has 0 aliphatic heterocycles. The molecule has 5 nitrogen and oxygen atoms in total. The molecule has 3 aromatic carbocycles. The summed E-state index contributed by atoms with van der Waals surface area (Å²) >= 11 is 9.65. The minimum atomic E-state index is -0.282. The molecule has 0 aliphatic rings. The minimum Gasteiger partial charge on any atom is -0.492 e. The van der Waals surface area contributed by atoms with Crippen LogP contribution in [0.15, 0.2) is 131 Å². The van der Waals surface area contributed by atoms with Gasteiger partial charge in [-0.2, -0.15) is 9.98 Å². The van der Waals surface area contributed by atoms with Crippen molar-refractivity contribution in [1.29, 1.82) is 0 Å². The number of benzene rings is 3. The van der Waals surface area contributed by atoms with E-state index < -0.39 is 0 Å². The number of rotatable bonds is 21. The largest absolute Gasteiger partial charge is 0.492 e. The molecule has 0 fully saturated rings. The molecule has 0 amide bonds. The van der Waals surface area contributed by atoms with Gasteiger partial charge in [0.15, 0.2) is 0 Å². The van der Waals surface area contributed by atoms with E-state index in [-0.39, 0.29) is 11.7 Å². The van der Waals surface area contributed by atoms with E-state index in [1.807, 2.05) is 67.7 Å². The fourth-order valence-electron chi connectivity index (χ4n) is 7.17. The number of hydrogen-bond donors (Lipinski definition) is 0. The van der Waals surface area contributed by atoms with Gasteiger partial charge in [0.2, 0.25) is 0 Å². The van der Waals surface area contributed by atoms with Crippen LogP contribution in [0.5, 0.6) is 5.75 Å². The third-order valence-electron chi connectivity index (χ3n) is 10.4. The number of aryl methyl sites for hydroxylation is 1. The average Bonchev–Trinajstić information content (AvgIpc) is 3.26. The number of aromatic nitrogens is 2. The highest BCUT2D eigenvalue weighted by molar-refractivity contribution is 7.78. The molecule has 2 heterocycles. The zero-order valence-electron chi connectivity index (χ0n) is 34.6. The lowest BCUT2D eigenvalue weighted by atomic mass is 9.83. The molecular weight excluding hydrogens is 768 g/mol. The number of halogens is 1. The van der Waals surface area contributed by atoms with Crippen LogP contribution in [0.4, 0.5) is 15.8 Å². The fourth-order valence-corrected chi connectivity index (χ4v) is 7.38. The van der Waals surface area contributed by atoms with Gasteiger partial charge in [0.05, 0.1) is 51.6 Å². The Morgan fingerprint density at radius 1 is 0.797 bits per heavy atom. The van der Waals surface area contributed by atoms with E-state index in [4.69, 9.17) is 39.1 Å². The van der Waals surface area contributed by atoms with Crippen molar-refractivity contribution in [2.75, 3.05) is 6.61 Å². The van der Waals surface area contributed by atoms with E-state index >= 15 is 0 Å². The van der Waals surface area contributed by atoms with Crippen LogP contribution >= 0.6 is 24.4 Å². The van der Waals surface area contributed by atoms with Gasteiger partial charge in [-0.1, -0.05) is 102 Å². The molecule has 0 radical (unpaired) electrons. The summed E-state index contributed by atoms with van der Waals surface area (Å²) in [5, 5.41) is 4.89. The molecule has 0 saturated heterocycles. The maximum absolute atomic E-state index is 14.1. The van der Waals surface area contributed by atoms with Crippen LogP contribution in [-0.4, -0.2) is 26.9 Å². The molecule has 0 aliphatic carbocycles. The van der Waals surface area contributed by atoms with Crippen LogP contribution in [0.3, 0.4) is 0 Å². The van der Waals surface area contributed by atoms with E-state index in [9.17, 15) is 4.39 Å². The Balaban J connectivity index is 1.68. The van der Waals surface area contributed by atoms with Gasteiger partial charge in [-0.25, -0.2) is 9.37 Å². The molecule has 5 aromatic rings. The predicted molar refractivity (Wildman–Crippen MR) is 252 cm³/mol. The summed E-state index contributed by atoms with van der Waals surface area (Å²) < 4.78 is 20.2. The average molecular weight is 821 g/mol. The Kier molecular flexibility index (Phi) is 17.5. The summed E-state index contributed by atoms with van der Waals surface area (Å²) in [6.45, 7) is 13.8. The number of nitrogens with zero attached hydrogens (tertiary/aromatic N) is 4. The second-order valence-electron chi connectivity index (χ2n) is 14.6. The van der Waals surface area contributed by atoms with Crippen molar-refractivity contribution in [3.8, 4) is 28.3 Å². The van der Waals surface area contributed by atoms with Gasteiger partial charge in [-0.15, -0.1) is 0 Å². The molecule has 0 saturated carbocycles. The quantitative estimate of drug-likeness (QED) is 0.0319. The van der Waals surface area contributed by atoms with Gasteiger partial charge in [0, 0.05) is 22.3 Å². The standard InChI is InChI=1S/C51H53FN4OS2/c1-6-9-10-11-12-13-14-36(4)46(29-21-42-32-49(53-33-50(42)57-8-3)41-19-27-45(28-20-41)55-35-59)47(31-37(5)39-17-25-44(26-18-39)54-34-58)51-38(7-2)22-30-48(56-51)40-15-23-43(52)24-16-40/h15-20,22-33,36H,5-14,21H2,1-4H3. The Morgan fingerprint density at radius 3 is 2.07 bits per heavy atom. The van der Waals surface area contributed by atoms with Crippen molar-refractivity contribution in [2.45, 2.75) is 85.5 Å². The zero-order valence-corrected chi connectivity index (χ0v) is 36.3. The predicted octanol–water partition coefficient (Wildman–Crippen LogP) is 15.0. The number of isothiocyanates is 2. The summed E-state index contributed by atoms with van der Waals surface area (Å²) in [5.74, 6) is 0.652. The van der Waals surface area contributed by atoms with Crippen molar-refractivity contribution < 1.29 is 9.13 Å². The number of hydrogen-bond acceptors (Lipinski definition) is 7. The first kappa shape index (κ1) is 44.6. The molecular formula is C51H53FN4OS2. The van der Waals surface area contributed by atoms with Gasteiger partial charge in [0.25, 0.3) is 0 Å². The third-order valence-corrected chi connectivity index (χ3v) is 10.6. The molecule has 1 unspecified atom stereocenters. The Bertz CT molecular complexity index is 2340. The fraction of sp³-hybridized carbons (Fsp3) is 0.294. The second kappa shape index (κ2) is 23.2. The summed E-state index contributed by atoms with van der Waals surface area (Å²) in [6.07, 6.45) is 16.0. The highest BCUT2D eigenvalue weighted by atomic mass is 32.1. The number of thiocarbonyl (C=S) groups is 2. The maximum atomic E-state index is 14.1. The molecule has 8 heteroatoms. The summed E-state index contributed by atoms with van der Waals surface area (Å²) in [4.78, 5) is 18.4. The van der Waals surface area contributed by atoms with Gasteiger partial charge in [-0.3, -0.25) is 4.98 Å². The van der Waals surface area contributed by atoms with E-state index in [0.29, 0.717) is 13.0 Å². The normalized spacial score (nSPS) is 12.0. The lowest BCUT2D eigenvalue weighted by Gasteiger charge is -2.23. The maximum Gasteiger partial charge on any atom is 0.141 e. The molecule has 0 bridgehead atoms. The Labute approximate surface area is 360 Å². The zero-order chi connectivity index (χ0) is 42.0. The minimum absolute atomic E-state index is 0.187. The van der Waals surface area contributed by atoms with Crippen LogP contribution in [0.1, 0.15) is 95.0 Å². The molecule has 302 valence electrons. The van der Waals surface area contributed by atoms with Crippen molar-refractivity contribution >= 4 is 57.3 Å². The van der Waals surface area contributed by atoms with E-state index in [2.05, 4.69) is 71.9 Å². The lowest BCUT2D eigenvalue weighted by Crippen LogP contribution is -2.08. The van der Waals surface area contributed by atoms with Crippen molar-refractivity contribution in [3.63, 3.8) is 0 Å². The van der Waals surface area contributed by atoms with Crippen molar-refractivity contribution in [2.24, 2.45) is 15.9 Å².